The predicted octanol–water partition coefficient (Wildman–Crippen LogP) is 1.31. The van der Waals surface area contributed by atoms with Crippen molar-refractivity contribution in [1.82, 2.24) is 10.3 Å². The maximum Gasteiger partial charge on any atom is 0.0701 e. The monoisotopic (exact) mass is 224 g/mol. The fourth-order valence-corrected chi connectivity index (χ4v) is 1.51. The summed E-state index contributed by atoms with van der Waals surface area (Å²) in [6, 6.07) is 2.19. The van der Waals surface area contributed by atoms with Gasteiger partial charge in [0.05, 0.1) is 25.9 Å². The highest BCUT2D eigenvalue weighted by atomic mass is 16.5. The third-order valence-electron chi connectivity index (χ3n) is 2.52. The van der Waals surface area contributed by atoms with E-state index in [0.717, 1.165) is 0 Å². The van der Waals surface area contributed by atoms with E-state index in [1.807, 2.05) is 19.3 Å². The smallest absolute Gasteiger partial charge is 0.0701 e. The minimum absolute atomic E-state index is 0.186. The Morgan fingerprint density at radius 1 is 1.44 bits per heavy atom. The summed E-state index contributed by atoms with van der Waals surface area (Å²) in [5.41, 5.74) is 2.41. The van der Waals surface area contributed by atoms with Crippen LogP contribution in [0.15, 0.2) is 18.5 Å². The summed E-state index contributed by atoms with van der Waals surface area (Å²) < 4.78 is 10.5. The highest BCUT2D eigenvalue weighted by molar-refractivity contribution is 5.25. The largest absolute Gasteiger partial charge is 0.382 e. The van der Waals surface area contributed by atoms with Crippen LogP contribution in [0.2, 0.25) is 0 Å². The van der Waals surface area contributed by atoms with Crippen molar-refractivity contribution in [3.05, 3.63) is 29.6 Å². The summed E-state index contributed by atoms with van der Waals surface area (Å²) in [6.45, 7) is 3.96. The second kappa shape index (κ2) is 7.33. The van der Waals surface area contributed by atoms with Gasteiger partial charge >= 0.3 is 0 Å². The molecule has 0 amide bonds. The van der Waals surface area contributed by atoms with E-state index in [-0.39, 0.29) is 6.04 Å². The van der Waals surface area contributed by atoms with Gasteiger partial charge in [-0.2, -0.15) is 0 Å². The lowest BCUT2D eigenvalue weighted by molar-refractivity contribution is 0.0595. The van der Waals surface area contributed by atoms with E-state index in [9.17, 15) is 0 Å². The Balaban J connectivity index is 2.51. The van der Waals surface area contributed by atoms with Crippen molar-refractivity contribution in [1.29, 1.82) is 0 Å². The number of methoxy groups -OCH3 is 1. The molecule has 1 rings (SSSR count). The molecule has 0 fully saturated rings. The van der Waals surface area contributed by atoms with Crippen LogP contribution in [0.3, 0.4) is 0 Å². The number of hydrogen-bond acceptors (Lipinski definition) is 4. The molecule has 1 atom stereocenters. The molecule has 0 radical (unpaired) electrons. The highest BCUT2D eigenvalue weighted by Crippen LogP contribution is 2.15. The topological polar surface area (TPSA) is 43.4 Å². The third-order valence-corrected chi connectivity index (χ3v) is 2.52. The first-order valence-corrected chi connectivity index (χ1v) is 5.44. The van der Waals surface area contributed by atoms with Crippen LogP contribution in [0, 0.1) is 6.92 Å². The lowest BCUT2D eigenvalue weighted by atomic mass is 10.1. The molecule has 16 heavy (non-hydrogen) atoms. The summed E-state index contributed by atoms with van der Waals surface area (Å²) in [5, 5.41) is 3.23. The second-order valence-electron chi connectivity index (χ2n) is 3.64. The van der Waals surface area contributed by atoms with Crippen LogP contribution in [0.4, 0.5) is 0 Å². The Hall–Kier alpha value is -0.970. The first kappa shape index (κ1) is 13.1. The Bertz CT molecular complexity index is 305. The van der Waals surface area contributed by atoms with Gasteiger partial charge in [0.15, 0.2) is 0 Å². The van der Waals surface area contributed by atoms with E-state index < -0.39 is 0 Å². The molecule has 1 aromatic heterocycles. The lowest BCUT2D eigenvalue weighted by Crippen LogP contribution is -2.23. The van der Waals surface area contributed by atoms with Crippen molar-refractivity contribution < 1.29 is 9.47 Å². The molecule has 1 N–H and O–H groups in total. The van der Waals surface area contributed by atoms with Gasteiger partial charge in [0.25, 0.3) is 0 Å². The maximum absolute atomic E-state index is 5.52. The fraction of sp³-hybridized carbons (Fsp3) is 0.583. The minimum atomic E-state index is 0.186. The number of nitrogens with one attached hydrogen (secondary N) is 1. The van der Waals surface area contributed by atoms with Gasteiger partial charge < -0.3 is 14.8 Å². The molecule has 0 aliphatic carbocycles. The number of hydrogen-bond donors (Lipinski definition) is 1. The Kier molecular flexibility index (Phi) is 6.00. The molecule has 0 saturated carbocycles. The average Bonchev–Trinajstić information content (AvgIpc) is 2.31. The fourth-order valence-electron chi connectivity index (χ4n) is 1.51. The van der Waals surface area contributed by atoms with E-state index in [4.69, 9.17) is 9.47 Å². The van der Waals surface area contributed by atoms with Crippen molar-refractivity contribution in [2.24, 2.45) is 0 Å². The van der Waals surface area contributed by atoms with Gasteiger partial charge in [0.2, 0.25) is 0 Å². The standard InChI is InChI=1S/C12H20N2O2/c1-10-4-5-14-8-11(10)12(13-2)9-16-7-6-15-3/h4-5,8,12-13H,6-7,9H2,1-3H3. The number of pyridine rings is 1. The number of rotatable bonds is 7. The molecule has 90 valence electrons. The molecular weight excluding hydrogens is 204 g/mol. The van der Waals surface area contributed by atoms with Gasteiger partial charge in [0.1, 0.15) is 0 Å². The summed E-state index contributed by atoms with van der Waals surface area (Å²) >= 11 is 0. The summed E-state index contributed by atoms with van der Waals surface area (Å²) in [7, 11) is 3.60. The molecule has 0 spiro atoms. The van der Waals surface area contributed by atoms with Crippen LogP contribution in [0.5, 0.6) is 0 Å². The van der Waals surface area contributed by atoms with Crippen LogP contribution in [-0.2, 0) is 9.47 Å². The Morgan fingerprint density at radius 2 is 2.25 bits per heavy atom. The van der Waals surface area contributed by atoms with Gasteiger partial charge in [-0.15, -0.1) is 0 Å². The van der Waals surface area contributed by atoms with Crippen LogP contribution >= 0.6 is 0 Å². The van der Waals surface area contributed by atoms with Crippen LogP contribution in [0.25, 0.3) is 0 Å². The lowest BCUT2D eigenvalue weighted by Gasteiger charge is -2.18. The molecule has 0 bridgehead atoms. The third kappa shape index (κ3) is 3.89. The van der Waals surface area contributed by atoms with E-state index in [0.29, 0.717) is 19.8 Å². The summed E-state index contributed by atoms with van der Waals surface area (Å²) in [6.07, 6.45) is 3.69. The summed E-state index contributed by atoms with van der Waals surface area (Å²) in [5.74, 6) is 0. The molecule has 0 saturated heterocycles. The normalized spacial score (nSPS) is 12.7. The second-order valence-corrected chi connectivity index (χ2v) is 3.64. The van der Waals surface area contributed by atoms with E-state index in [1.54, 1.807) is 13.3 Å². The first-order chi connectivity index (χ1) is 7.79. The van der Waals surface area contributed by atoms with Crippen molar-refractivity contribution >= 4 is 0 Å². The number of aromatic nitrogens is 1. The number of likely N-dealkylation sites (N-methyl/N-ethyl adjacent to an activating group) is 1. The zero-order valence-electron chi connectivity index (χ0n) is 10.2. The van der Waals surface area contributed by atoms with Gasteiger partial charge in [0, 0.05) is 19.5 Å². The first-order valence-electron chi connectivity index (χ1n) is 5.44. The molecule has 4 nitrogen and oxygen atoms in total. The van der Waals surface area contributed by atoms with Gasteiger partial charge in [-0.05, 0) is 31.2 Å². The molecule has 0 aliphatic rings. The van der Waals surface area contributed by atoms with Crippen LogP contribution in [0.1, 0.15) is 17.2 Å². The molecule has 0 aliphatic heterocycles. The van der Waals surface area contributed by atoms with Crippen molar-refractivity contribution in [3.63, 3.8) is 0 Å². The number of aryl methyl sites for hydroxylation is 1. The average molecular weight is 224 g/mol. The minimum Gasteiger partial charge on any atom is -0.382 e. The van der Waals surface area contributed by atoms with E-state index in [2.05, 4.69) is 17.2 Å². The zero-order chi connectivity index (χ0) is 11.8. The van der Waals surface area contributed by atoms with Gasteiger partial charge in [-0.1, -0.05) is 0 Å². The number of ether oxygens (including phenoxy) is 2. The zero-order valence-corrected chi connectivity index (χ0v) is 10.2. The van der Waals surface area contributed by atoms with E-state index in [1.165, 1.54) is 11.1 Å². The molecule has 1 aromatic rings. The van der Waals surface area contributed by atoms with Gasteiger partial charge in [-0.3, -0.25) is 4.98 Å². The molecule has 4 heteroatoms. The molecule has 1 unspecified atom stereocenters. The molecule has 0 aromatic carbocycles. The maximum atomic E-state index is 5.52. The SMILES string of the molecule is CNC(COCCOC)c1cnccc1C. The van der Waals surface area contributed by atoms with Crippen molar-refractivity contribution in [3.8, 4) is 0 Å². The van der Waals surface area contributed by atoms with Crippen LogP contribution < -0.4 is 5.32 Å². The molecule has 1 heterocycles. The number of nitrogens with zero attached hydrogens (tertiary/aromatic N) is 1. The van der Waals surface area contributed by atoms with Crippen molar-refractivity contribution in [2.75, 3.05) is 34.0 Å². The van der Waals surface area contributed by atoms with E-state index >= 15 is 0 Å². The Labute approximate surface area is 97.0 Å². The quantitative estimate of drug-likeness (QED) is 0.709. The Morgan fingerprint density at radius 3 is 2.88 bits per heavy atom. The molecular formula is C12H20N2O2. The predicted molar refractivity (Wildman–Crippen MR) is 63.5 cm³/mol. The van der Waals surface area contributed by atoms with Gasteiger partial charge in [-0.25, -0.2) is 0 Å². The summed E-state index contributed by atoms with van der Waals surface area (Å²) in [4.78, 5) is 4.14. The highest BCUT2D eigenvalue weighted by Gasteiger charge is 2.11. The van der Waals surface area contributed by atoms with Crippen LogP contribution in [-0.4, -0.2) is 39.0 Å². The van der Waals surface area contributed by atoms with Crippen molar-refractivity contribution in [2.45, 2.75) is 13.0 Å².